The van der Waals surface area contributed by atoms with Crippen molar-refractivity contribution in [1.82, 2.24) is 0 Å². The number of aliphatic hydroxyl groups is 2. The fourth-order valence-corrected chi connectivity index (χ4v) is 1.50. The van der Waals surface area contributed by atoms with Crippen LogP contribution in [-0.4, -0.2) is 82.0 Å². The van der Waals surface area contributed by atoms with E-state index in [2.05, 4.69) is 9.47 Å². The van der Waals surface area contributed by atoms with Crippen LogP contribution < -0.4 is 0 Å². The summed E-state index contributed by atoms with van der Waals surface area (Å²) in [6, 6.07) is 0. The van der Waals surface area contributed by atoms with Gasteiger partial charge in [-0.15, -0.1) is 0 Å². The number of ketones is 1. The minimum Gasteiger partial charge on any atom is -0.481 e. The lowest BCUT2D eigenvalue weighted by Gasteiger charge is -2.06. The summed E-state index contributed by atoms with van der Waals surface area (Å²) in [6.07, 6.45) is -2.84. The van der Waals surface area contributed by atoms with Crippen molar-refractivity contribution < 1.29 is 61.5 Å². The van der Waals surface area contributed by atoms with Crippen molar-refractivity contribution in [2.24, 2.45) is 0 Å². The van der Waals surface area contributed by atoms with Crippen molar-refractivity contribution in [1.29, 1.82) is 0 Å². The molecule has 0 radical (unpaired) electrons. The molecule has 0 aromatic heterocycles. The molecule has 0 fully saturated rings. The highest BCUT2D eigenvalue weighted by Gasteiger charge is 2.14. The molecule has 2 atom stereocenters. The Morgan fingerprint density at radius 3 is 1.34 bits per heavy atom. The molecule has 0 aromatic carbocycles. The third-order valence-electron chi connectivity index (χ3n) is 2.35. The Balaban J connectivity index is -0.000000380. The van der Waals surface area contributed by atoms with E-state index < -0.39 is 46.9 Å². The number of Topliss-reactive ketones (excluding diaryl/α,β-unsaturated/α-hetero) is 1. The van der Waals surface area contributed by atoms with Crippen LogP contribution in [0.4, 0.5) is 0 Å². The molecule has 0 aliphatic carbocycles. The molecule has 14 heteroatoms. The molecule has 0 aromatic rings. The predicted molar refractivity (Wildman–Crippen MR) is 96.2 cm³/mol. The van der Waals surface area contributed by atoms with Crippen molar-refractivity contribution >= 4 is 34.1 Å². The van der Waals surface area contributed by atoms with E-state index >= 15 is 0 Å². The van der Waals surface area contributed by atoms with E-state index in [1.165, 1.54) is 6.92 Å². The molecule has 172 valence electrons. The van der Waals surface area contributed by atoms with Crippen LogP contribution in [0.2, 0.25) is 0 Å². The van der Waals surface area contributed by atoms with Gasteiger partial charge in [-0.1, -0.05) is 0 Å². The van der Waals surface area contributed by atoms with Crippen molar-refractivity contribution in [3.8, 4) is 0 Å². The summed E-state index contributed by atoms with van der Waals surface area (Å²) < 4.78 is 40.7. The van der Waals surface area contributed by atoms with Gasteiger partial charge in [-0.3, -0.25) is 28.3 Å². The molecule has 29 heavy (non-hydrogen) atoms. The van der Waals surface area contributed by atoms with Gasteiger partial charge in [0, 0.05) is 6.42 Å². The zero-order valence-corrected chi connectivity index (χ0v) is 17.1. The molecule has 0 amide bonds. The second kappa shape index (κ2) is 17.9. The summed E-state index contributed by atoms with van der Waals surface area (Å²) in [5.41, 5.74) is 0. The molecule has 0 spiro atoms. The fraction of sp³-hybridized carbons (Fsp3) is 0.733. The number of carbonyl (C=O) groups excluding carboxylic acids is 3. The number of carboxylic acid groups (broad SMARTS) is 1. The maximum Gasteiger partial charge on any atom is 0.394 e. The average molecular weight is 448 g/mol. The van der Waals surface area contributed by atoms with Crippen molar-refractivity contribution in [2.45, 2.75) is 58.7 Å². The van der Waals surface area contributed by atoms with Gasteiger partial charge in [0.2, 0.25) is 0 Å². The number of aliphatic carboxylic acids is 1. The normalized spacial score (nSPS) is 12.1. The molecule has 0 aliphatic heterocycles. The van der Waals surface area contributed by atoms with Crippen molar-refractivity contribution in [2.75, 3.05) is 13.2 Å². The average Bonchev–Trinajstić information content (AvgIpc) is 2.44. The van der Waals surface area contributed by atoms with Crippen LogP contribution in [-0.2, 0) is 39.1 Å². The van der Waals surface area contributed by atoms with Gasteiger partial charge in [-0.2, -0.15) is 8.42 Å². The summed E-state index contributed by atoms with van der Waals surface area (Å²) in [7, 11) is -4.67. The first-order valence-corrected chi connectivity index (χ1v) is 9.60. The highest BCUT2D eigenvalue weighted by molar-refractivity contribution is 7.79. The minimum absolute atomic E-state index is 0.0127. The molecule has 0 saturated heterocycles. The van der Waals surface area contributed by atoms with Gasteiger partial charge in [0.05, 0.1) is 44.7 Å². The third-order valence-corrected chi connectivity index (χ3v) is 2.35. The van der Waals surface area contributed by atoms with E-state index in [1.807, 2.05) is 0 Å². The van der Waals surface area contributed by atoms with Crippen LogP contribution in [0.15, 0.2) is 0 Å². The van der Waals surface area contributed by atoms with Crippen LogP contribution in [0.5, 0.6) is 0 Å². The monoisotopic (exact) mass is 448 g/mol. The maximum atomic E-state index is 10.7. The molecule has 13 nitrogen and oxygen atoms in total. The quantitative estimate of drug-likeness (QED) is 0.208. The highest BCUT2D eigenvalue weighted by atomic mass is 32.3. The first-order valence-electron chi connectivity index (χ1n) is 8.20. The zero-order valence-electron chi connectivity index (χ0n) is 16.3. The van der Waals surface area contributed by atoms with Crippen LogP contribution in [0, 0.1) is 0 Å². The van der Waals surface area contributed by atoms with E-state index in [0.29, 0.717) is 6.61 Å². The van der Waals surface area contributed by atoms with Gasteiger partial charge >= 0.3 is 28.3 Å². The van der Waals surface area contributed by atoms with E-state index in [-0.39, 0.29) is 31.7 Å². The first kappa shape index (κ1) is 31.6. The van der Waals surface area contributed by atoms with Crippen molar-refractivity contribution in [3.05, 3.63) is 0 Å². The Morgan fingerprint density at radius 1 is 0.793 bits per heavy atom. The lowest BCUT2D eigenvalue weighted by Crippen LogP contribution is -2.18. The molecule has 0 unspecified atom stereocenters. The summed E-state index contributed by atoms with van der Waals surface area (Å²) in [4.78, 5) is 41.9. The first-order chi connectivity index (χ1) is 13.1. The number of carboxylic acids is 1. The Labute approximate surface area is 168 Å². The SMILES string of the molecule is CCOC(=O)C[C@@H](O)CC(=O)O.CCOC(=O)C[C@@H](O)CC(C)=O.O=S(=O)(O)O. The van der Waals surface area contributed by atoms with Crippen LogP contribution in [0.3, 0.4) is 0 Å². The van der Waals surface area contributed by atoms with Crippen LogP contribution >= 0.6 is 0 Å². The number of esters is 2. The van der Waals surface area contributed by atoms with E-state index in [4.69, 9.17) is 32.8 Å². The van der Waals surface area contributed by atoms with Gasteiger partial charge < -0.3 is 24.8 Å². The molecule has 5 N–H and O–H groups in total. The number of ether oxygens (including phenoxy) is 2. The molecule has 0 heterocycles. The second-order valence-corrected chi connectivity index (χ2v) is 6.17. The van der Waals surface area contributed by atoms with Gasteiger partial charge in [0.1, 0.15) is 5.78 Å². The Bertz CT molecular complexity index is 553. The number of aliphatic hydroxyl groups excluding tert-OH is 2. The Hall–Kier alpha value is -2.13. The summed E-state index contributed by atoms with van der Waals surface area (Å²) >= 11 is 0. The summed E-state index contributed by atoms with van der Waals surface area (Å²) in [5, 5.41) is 26.2. The summed E-state index contributed by atoms with van der Waals surface area (Å²) in [6.45, 7) is 5.23. The standard InChI is InChI=1S/C8H14O4.C7H12O5.H2O4S/c1-3-12-8(11)5-7(10)4-6(2)9;1-2-12-7(11)4-5(8)3-6(9)10;1-5(2,3)4/h7,10H,3-5H2,1-2H3;5,8H,2-4H2,1H3,(H,9,10);(H2,1,2,3,4)/t7-;5-;/m00./s1. The number of hydrogen-bond donors (Lipinski definition) is 5. The van der Waals surface area contributed by atoms with Gasteiger partial charge in [0.15, 0.2) is 0 Å². The molecular formula is C15H28O13S. The number of hydrogen-bond acceptors (Lipinski definition) is 10. The zero-order chi connectivity index (χ0) is 23.6. The Morgan fingerprint density at radius 2 is 1.10 bits per heavy atom. The van der Waals surface area contributed by atoms with Gasteiger partial charge in [-0.05, 0) is 20.8 Å². The summed E-state index contributed by atoms with van der Waals surface area (Å²) in [5.74, 6) is -2.31. The topological polar surface area (TPSA) is 222 Å². The molecular weight excluding hydrogens is 420 g/mol. The van der Waals surface area contributed by atoms with E-state index in [1.54, 1.807) is 13.8 Å². The maximum absolute atomic E-state index is 10.7. The van der Waals surface area contributed by atoms with Crippen LogP contribution in [0.1, 0.15) is 46.5 Å². The largest absolute Gasteiger partial charge is 0.481 e. The van der Waals surface area contributed by atoms with E-state index in [0.717, 1.165) is 0 Å². The minimum atomic E-state index is -4.67. The highest BCUT2D eigenvalue weighted by Crippen LogP contribution is 2.00. The fourth-order valence-electron chi connectivity index (χ4n) is 1.50. The lowest BCUT2D eigenvalue weighted by atomic mass is 10.1. The van der Waals surface area contributed by atoms with Gasteiger partial charge in [0.25, 0.3) is 0 Å². The molecule has 0 rings (SSSR count). The number of carbonyl (C=O) groups is 4. The third kappa shape index (κ3) is 37.3. The molecule has 0 saturated carbocycles. The van der Waals surface area contributed by atoms with Crippen LogP contribution in [0.25, 0.3) is 0 Å². The lowest BCUT2D eigenvalue weighted by molar-refractivity contribution is -0.147. The second-order valence-electron chi connectivity index (χ2n) is 5.28. The van der Waals surface area contributed by atoms with Crippen molar-refractivity contribution in [3.63, 3.8) is 0 Å². The molecule has 0 aliphatic rings. The number of rotatable bonds is 10. The smallest absolute Gasteiger partial charge is 0.394 e. The van der Waals surface area contributed by atoms with E-state index in [9.17, 15) is 19.2 Å². The Kier molecular flexibility index (Phi) is 19.5. The molecule has 0 bridgehead atoms. The predicted octanol–water partition coefficient (Wildman–Crippen LogP) is -0.598. The van der Waals surface area contributed by atoms with Gasteiger partial charge in [-0.25, -0.2) is 0 Å².